The van der Waals surface area contributed by atoms with Crippen molar-refractivity contribution >= 4 is 79.3 Å². The molecule has 3 amide bonds. The fourth-order valence-electron chi connectivity index (χ4n) is 12.0. The number of hydrogen-bond acceptors (Lipinski definition) is 8. The highest BCUT2D eigenvalue weighted by Crippen LogP contribution is 2.49. The lowest BCUT2D eigenvalue weighted by Gasteiger charge is -2.34. The monoisotopic (exact) mass is 1060 g/mol. The van der Waals surface area contributed by atoms with Crippen LogP contribution in [0.15, 0.2) is 66.7 Å². The largest absolute Gasteiger partial charge is 0.462 e. The van der Waals surface area contributed by atoms with Crippen LogP contribution < -0.4 is 10.2 Å². The zero-order valence-electron chi connectivity index (χ0n) is 49.4. The van der Waals surface area contributed by atoms with Crippen LogP contribution in [0.1, 0.15) is 226 Å². The van der Waals surface area contributed by atoms with Gasteiger partial charge in [0.05, 0.1) is 0 Å². The molecule has 6 aromatic carbocycles. The van der Waals surface area contributed by atoms with E-state index in [1.165, 1.54) is 51.1 Å². The van der Waals surface area contributed by atoms with E-state index < -0.39 is 11.8 Å². The van der Waals surface area contributed by atoms with Crippen LogP contribution in [0.25, 0.3) is 54.2 Å². The molecule has 10 nitrogen and oxygen atoms in total. The summed E-state index contributed by atoms with van der Waals surface area (Å²) < 4.78 is 4.55. The van der Waals surface area contributed by atoms with Gasteiger partial charge in [0.25, 0.3) is 18.3 Å². The fourth-order valence-corrected chi connectivity index (χ4v) is 12.0. The van der Waals surface area contributed by atoms with E-state index >= 15 is 4.79 Å². The molecule has 1 fully saturated rings. The average molecular weight is 1060 g/mol. The molecule has 1 aliphatic heterocycles. The van der Waals surface area contributed by atoms with Crippen LogP contribution in [-0.2, 0) is 14.3 Å². The van der Waals surface area contributed by atoms with E-state index in [1.54, 1.807) is 0 Å². The molecule has 10 heteroatoms. The third-order valence-electron chi connectivity index (χ3n) is 16.3. The van der Waals surface area contributed by atoms with Crippen LogP contribution in [0.3, 0.4) is 0 Å². The predicted molar refractivity (Wildman–Crippen MR) is 327 cm³/mol. The van der Waals surface area contributed by atoms with Gasteiger partial charge in [0, 0.05) is 74.0 Å². The van der Waals surface area contributed by atoms with Gasteiger partial charge in [-0.15, -0.1) is 0 Å². The van der Waals surface area contributed by atoms with E-state index in [9.17, 15) is 19.2 Å². The number of carbonyl (C=O) groups is 5. The van der Waals surface area contributed by atoms with Gasteiger partial charge in [0.1, 0.15) is 5.60 Å². The maximum absolute atomic E-state index is 15.3. The number of carbonyl (C=O) groups excluding carboxylic acids is 5. The van der Waals surface area contributed by atoms with Gasteiger partial charge in [-0.2, -0.15) is 0 Å². The minimum Gasteiger partial charge on any atom is -0.462 e. The van der Waals surface area contributed by atoms with E-state index in [0.717, 1.165) is 177 Å². The Balaban J connectivity index is 0.00000131. The van der Waals surface area contributed by atoms with Crippen molar-refractivity contribution in [1.82, 2.24) is 15.1 Å². The van der Waals surface area contributed by atoms with Crippen molar-refractivity contribution in [1.29, 1.82) is 0 Å². The minimum atomic E-state index is -0.395. The second kappa shape index (κ2) is 29.9. The van der Waals surface area contributed by atoms with Crippen LogP contribution in [0.4, 0.5) is 5.69 Å². The summed E-state index contributed by atoms with van der Waals surface area (Å²) in [6.07, 6.45) is 23.4. The standard InChI is InChI=1S/C63H84N4O4.C5H10O2/c1-8-12-16-20-24-45(25-21-17-13-9-2)50-32-35-53-59-51(33-36-54(58(50)59)62(70)64-44(5)69)52-34-37-55(63(71)66(7)48(26-22-18-14-10-3)27-23-19-15-11-4)57-47(43-68)42-56(60(53)61(52)57)46-28-30-49(31-29-46)67-40-38-65(6)39-41-67;1-5(2,3)7-4-6/h28-37,42-43,45,48H,8-27,38-41H2,1-7H3,(H,64,69,70);4H,1-3H3. The molecular weight excluding hydrogens is 969 g/mol. The Kier molecular flexibility index (Phi) is 23.5. The maximum atomic E-state index is 15.3. The molecule has 1 heterocycles. The van der Waals surface area contributed by atoms with Crippen molar-refractivity contribution in [2.24, 2.45) is 0 Å². The topological polar surface area (TPSA) is 116 Å². The lowest BCUT2D eigenvalue weighted by atomic mass is 9.78. The van der Waals surface area contributed by atoms with Crippen molar-refractivity contribution in [3.05, 3.63) is 89.0 Å². The van der Waals surface area contributed by atoms with E-state index in [-0.39, 0.29) is 23.5 Å². The van der Waals surface area contributed by atoms with Gasteiger partial charge in [-0.25, -0.2) is 0 Å². The van der Waals surface area contributed by atoms with Crippen molar-refractivity contribution in [3.63, 3.8) is 0 Å². The van der Waals surface area contributed by atoms with E-state index in [0.29, 0.717) is 28.5 Å². The van der Waals surface area contributed by atoms with Crippen molar-refractivity contribution in [2.45, 2.75) is 201 Å². The first-order chi connectivity index (χ1) is 37.6. The highest BCUT2D eigenvalue weighted by molar-refractivity contribution is 6.39. The predicted octanol–water partition coefficient (Wildman–Crippen LogP) is 16.6. The van der Waals surface area contributed by atoms with E-state index in [4.69, 9.17) is 0 Å². The van der Waals surface area contributed by atoms with Crippen molar-refractivity contribution in [2.75, 3.05) is 45.2 Å². The molecule has 0 aliphatic carbocycles. The van der Waals surface area contributed by atoms with Gasteiger partial charge in [-0.05, 0) is 144 Å². The second-order valence-corrected chi connectivity index (χ2v) is 23.4. The summed E-state index contributed by atoms with van der Waals surface area (Å²) in [5.41, 5.74) is 5.46. The van der Waals surface area contributed by atoms with Crippen molar-refractivity contribution in [3.8, 4) is 11.1 Å². The van der Waals surface area contributed by atoms with Crippen molar-refractivity contribution < 1.29 is 28.7 Å². The number of nitrogens with one attached hydrogen (secondary N) is 1. The Morgan fingerprint density at radius 2 is 1.14 bits per heavy atom. The number of aldehydes is 1. The third-order valence-corrected chi connectivity index (χ3v) is 16.3. The number of nitrogens with zero attached hydrogens (tertiary/aromatic N) is 3. The van der Waals surface area contributed by atoms with Crippen LogP contribution in [0, 0.1) is 0 Å². The normalized spacial score (nSPS) is 13.2. The van der Waals surface area contributed by atoms with Gasteiger partial charge in [0.2, 0.25) is 5.91 Å². The number of unbranched alkanes of at least 4 members (excludes halogenated alkanes) is 12. The van der Waals surface area contributed by atoms with Gasteiger partial charge in [-0.1, -0.05) is 167 Å². The molecule has 0 saturated carbocycles. The fraction of sp³-hybridized carbons (Fsp3) is 0.544. The van der Waals surface area contributed by atoms with Gasteiger partial charge >= 0.3 is 0 Å². The Bertz CT molecular complexity index is 2890. The lowest BCUT2D eigenvalue weighted by Crippen LogP contribution is -2.44. The molecule has 0 spiro atoms. The summed E-state index contributed by atoms with van der Waals surface area (Å²) in [6, 6.07) is 23.4. The molecule has 1 N–H and O–H groups in total. The zero-order chi connectivity index (χ0) is 56.4. The molecule has 7 rings (SSSR count). The molecule has 78 heavy (non-hydrogen) atoms. The van der Waals surface area contributed by atoms with E-state index in [1.807, 2.05) is 57.0 Å². The number of piperazine rings is 1. The third kappa shape index (κ3) is 15.5. The highest BCUT2D eigenvalue weighted by atomic mass is 16.5. The quantitative estimate of drug-likeness (QED) is 0.0224. The van der Waals surface area contributed by atoms with Crippen LogP contribution in [-0.4, -0.2) is 92.2 Å². The summed E-state index contributed by atoms with van der Waals surface area (Å²) in [5, 5.41) is 9.98. The highest BCUT2D eigenvalue weighted by Gasteiger charge is 2.30. The summed E-state index contributed by atoms with van der Waals surface area (Å²) in [7, 11) is 4.15. The Morgan fingerprint density at radius 1 is 0.615 bits per heavy atom. The van der Waals surface area contributed by atoms with Gasteiger partial charge in [-0.3, -0.25) is 29.3 Å². The smallest absolute Gasteiger partial charge is 0.293 e. The molecule has 0 atom stereocenters. The number of imide groups is 1. The maximum Gasteiger partial charge on any atom is 0.293 e. The Morgan fingerprint density at radius 3 is 1.64 bits per heavy atom. The first kappa shape index (κ1) is 61.3. The zero-order valence-corrected chi connectivity index (χ0v) is 49.4. The SMILES string of the molecule is CC(C)(C)OC=O.CCCCCCC(CCCCCC)c1ccc2c3c(-c4ccc(N5CCN(C)CC5)cc4)cc(C=O)c4c(C(=O)N(C)C(CCCCCC)CCCCCC)ccc(c5ccc(C(=O)NC(C)=O)c1c52)c43. The number of hydrogen-bond donors (Lipinski definition) is 1. The molecule has 6 aromatic rings. The Labute approximate surface area is 467 Å². The molecule has 0 unspecified atom stereocenters. The lowest BCUT2D eigenvalue weighted by molar-refractivity contribution is -0.138. The Hall–Kier alpha value is -5.87. The minimum absolute atomic E-state index is 0.0533. The number of anilines is 1. The average Bonchev–Trinajstić information content (AvgIpc) is 3.62. The molecule has 1 saturated heterocycles. The van der Waals surface area contributed by atoms with Crippen LogP contribution >= 0.6 is 0 Å². The molecule has 0 radical (unpaired) electrons. The molecule has 0 aromatic heterocycles. The summed E-state index contributed by atoms with van der Waals surface area (Å²) in [4.78, 5) is 72.4. The first-order valence-corrected chi connectivity index (χ1v) is 30.1. The van der Waals surface area contributed by atoms with E-state index in [2.05, 4.69) is 97.1 Å². The van der Waals surface area contributed by atoms with Gasteiger partial charge < -0.3 is 19.4 Å². The summed E-state index contributed by atoms with van der Waals surface area (Å²) in [5.74, 6) is -0.613. The first-order valence-electron chi connectivity index (χ1n) is 30.1. The number of amides is 3. The summed E-state index contributed by atoms with van der Waals surface area (Å²) in [6.45, 7) is 20.2. The molecule has 422 valence electrons. The number of ether oxygens (including phenoxy) is 1. The van der Waals surface area contributed by atoms with Gasteiger partial charge in [0.15, 0.2) is 6.29 Å². The number of fused-ring (bicyclic) bond motifs is 2. The number of likely N-dealkylation sites (N-methyl/N-ethyl adjacent to an activating group) is 1. The van der Waals surface area contributed by atoms with Crippen LogP contribution in [0.2, 0.25) is 0 Å². The number of benzene rings is 6. The molecule has 0 bridgehead atoms. The van der Waals surface area contributed by atoms with Crippen LogP contribution in [0.5, 0.6) is 0 Å². The molecule has 1 aliphatic rings. The molecular formula is C68H94N4O6. The second-order valence-electron chi connectivity index (χ2n) is 23.4. The summed E-state index contributed by atoms with van der Waals surface area (Å²) >= 11 is 0. The number of rotatable bonds is 28.